The van der Waals surface area contributed by atoms with E-state index in [1.807, 2.05) is 0 Å². The summed E-state index contributed by atoms with van der Waals surface area (Å²) in [6.07, 6.45) is -1.76. The van der Waals surface area contributed by atoms with Gasteiger partial charge in [-0.2, -0.15) is 0 Å². The molecule has 0 aliphatic carbocycles. The van der Waals surface area contributed by atoms with Gasteiger partial charge < -0.3 is 14.2 Å². The van der Waals surface area contributed by atoms with Crippen molar-refractivity contribution >= 4 is 17.9 Å². The van der Waals surface area contributed by atoms with Gasteiger partial charge in [0.25, 0.3) is 0 Å². The number of nitrogens with zero attached hydrogens (tertiary/aromatic N) is 1. The van der Waals surface area contributed by atoms with Gasteiger partial charge in [0.15, 0.2) is 12.2 Å². The number of esters is 3. The number of hydrogen-bond acceptors (Lipinski definition) is 7. The maximum atomic E-state index is 13.5. The normalized spacial score (nSPS) is 34.1. The highest BCUT2D eigenvalue weighted by atomic mass is 19.1. The minimum atomic E-state index is -0.908. The SMILES string of the molecule is CC(=O)OC1CCN2[C@H](CF)[C@@H](OC(C)=O)[C@H](OC(C)=O)[C@@H]12. The van der Waals surface area contributed by atoms with Gasteiger partial charge in [0.05, 0.1) is 12.1 Å². The zero-order valence-corrected chi connectivity index (χ0v) is 12.8. The number of hydrogen-bond donors (Lipinski definition) is 0. The van der Waals surface area contributed by atoms with Gasteiger partial charge in [-0.15, -0.1) is 0 Å². The second-order valence-corrected chi connectivity index (χ2v) is 5.53. The van der Waals surface area contributed by atoms with Crippen LogP contribution in [-0.2, 0) is 28.6 Å². The zero-order valence-electron chi connectivity index (χ0n) is 12.8. The fourth-order valence-corrected chi connectivity index (χ4v) is 3.38. The predicted molar refractivity (Wildman–Crippen MR) is 71.5 cm³/mol. The van der Waals surface area contributed by atoms with Crippen molar-refractivity contribution in [2.75, 3.05) is 13.2 Å². The van der Waals surface area contributed by atoms with E-state index in [0.29, 0.717) is 13.0 Å². The molecule has 0 aromatic rings. The van der Waals surface area contributed by atoms with Crippen LogP contribution in [0.3, 0.4) is 0 Å². The average Bonchev–Trinajstić information content (AvgIpc) is 2.89. The van der Waals surface area contributed by atoms with Gasteiger partial charge in [0.2, 0.25) is 0 Å². The Morgan fingerprint density at radius 3 is 2.05 bits per heavy atom. The quantitative estimate of drug-likeness (QED) is 0.541. The lowest BCUT2D eigenvalue weighted by molar-refractivity contribution is -0.167. The van der Waals surface area contributed by atoms with Gasteiger partial charge in [0, 0.05) is 27.3 Å². The van der Waals surface area contributed by atoms with E-state index in [1.165, 1.54) is 20.8 Å². The van der Waals surface area contributed by atoms with Crippen LogP contribution >= 0.6 is 0 Å². The molecule has 0 N–H and O–H groups in total. The van der Waals surface area contributed by atoms with Crippen molar-refractivity contribution in [3.8, 4) is 0 Å². The fraction of sp³-hybridized carbons (Fsp3) is 0.786. The molecular weight excluding hydrogens is 297 g/mol. The van der Waals surface area contributed by atoms with Gasteiger partial charge in [-0.3, -0.25) is 19.3 Å². The monoisotopic (exact) mass is 317 g/mol. The van der Waals surface area contributed by atoms with Gasteiger partial charge in [-0.25, -0.2) is 4.39 Å². The maximum Gasteiger partial charge on any atom is 0.303 e. The van der Waals surface area contributed by atoms with Crippen LogP contribution < -0.4 is 0 Å². The number of fused-ring (bicyclic) bond motifs is 1. The number of carbonyl (C=O) groups excluding carboxylic acids is 3. The summed E-state index contributed by atoms with van der Waals surface area (Å²) in [5, 5.41) is 0. The minimum absolute atomic E-state index is 0.457. The average molecular weight is 317 g/mol. The molecule has 2 aliphatic rings. The summed E-state index contributed by atoms with van der Waals surface area (Å²) in [6.45, 7) is 3.46. The molecule has 1 unspecified atom stereocenters. The molecule has 2 rings (SSSR count). The first-order chi connectivity index (χ1) is 10.3. The van der Waals surface area contributed by atoms with E-state index in [9.17, 15) is 18.8 Å². The van der Waals surface area contributed by atoms with Crippen LogP contribution in [0.15, 0.2) is 0 Å². The Bertz CT molecular complexity index is 470. The number of rotatable bonds is 4. The Morgan fingerprint density at radius 1 is 1.00 bits per heavy atom. The Kier molecular flexibility index (Phi) is 5.00. The van der Waals surface area contributed by atoms with Crippen LogP contribution in [0.1, 0.15) is 27.2 Å². The summed E-state index contributed by atoms with van der Waals surface area (Å²) in [6, 6.07) is -1.21. The third-order valence-corrected chi connectivity index (χ3v) is 3.98. The van der Waals surface area contributed by atoms with Gasteiger partial charge in [0.1, 0.15) is 12.8 Å². The Labute approximate surface area is 127 Å². The molecule has 0 radical (unpaired) electrons. The highest BCUT2D eigenvalue weighted by Crippen LogP contribution is 2.38. The number of ether oxygens (including phenoxy) is 3. The van der Waals surface area contributed by atoms with E-state index < -0.39 is 55.0 Å². The summed E-state index contributed by atoms with van der Waals surface area (Å²) < 4.78 is 29.2. The third-order valence-electron chi connectivity index (χ3n) is 3.98. The zero-order chi connectivity index (χ0) is 16.4. The smallest absolute Gasteiger partial charge is 0.303 e. The highest BCUT2D eigenvalue weighted by molar-refractivity contribution is 5.68. The molecule has 2 fully saturated rings. The van der Waals surface area contributed by atoms with Crippen molar-refractivity contribution in [3.63, 3.8) is 0 Å². The van der Waals surface area contributed by atoms with Crippen molar-refractivity contribution in [2.45, 2.75) is 57.6 Å². The van der Waals surface area contributed by atoms with Crippen molar-refractivity contribution < 1.29 is 33.0 Å². The molecule has 0 aromatic carbocycles. The van der Waals surface area contributed by atoms with E-state index in [2.05, 4.69) is 0 Å². The highest BCUT2D eigenvalue weighted by Gasteiger charge is 2.59. The summed E-state index contributed by atoms with van der Waals surface area (Å²) in [4.78, 5) is 35.6. The molecule has 7 nitrogen and oxygen atoms in total. The number of carbonyl (C=O) groups is 3. The summed E-state index contributed by atoms with van der Waals surface area (Å²) in [7, 11) is 0. The predicted octanol–water partition coefficient (Wildman–Crippen LogP) is 0.208. The summed E-state index contributed by atoms with van der Waals surface area (Å²) in [5.74, 6) is -1.60. The Hall–Kier alpha value is -1.70. The van der Waals surface area contributed by atoms with Crippen molar-refractivity contribution in [2.24, 2.45) is 0 Å². The molecule has 22 heavy (non-hydrogen) atoms. The van der Waals surface area contributed by atoms with Crippen LogP contribution in [0.4, 0.5) is 4.39 Å². The Morgan fingerprint density at radius 2 is 1.55 bits per heavy atom. The molecule has 2 saturated heterocycles. The standard InChI is InChI=1S/C14H20FNO6/c1-7(17)20-11-4-5-16-10(6-15)13(21-8(2)18)14(12(11)16)22-9(3)19/h10-14H,4-6H2,1-3H3/t10-,11?,12-,13-,14-/m1/s1. The molecule has 0 saturated carbocycles. The lowest BCUT2D eigenvalue weighted by Gasteiger charge is -2.26. The minimum Gasteiger partial charge on any atom is -0.461 e. The topological polar surface area (TPSA) is 82.1 Å². The molecular formula is C14H20FNO6. The third kappa shape index (κ3) is 3.21. The van der Waals surface area contributed by atoms with Crippen molar-refractivity contribution in [1.29, 1.82) is 0 Å². The molecule has 0 amide bonds. The summed E-state index contributed by atoms with van der Waals surface area (Å²) >= 11 is 0. The molecule has 124 valence electrons. The molecule has 0 spiro atoms. The van der Waals surface area contributed by atoms with Crippen LogP contribution in [0.25, 0.3) is 0 Å². The summed E-state index contributed by atoms with van der Waals surface area (Å²) in [5.41, 5.74) is 0. The van der Waals surface area contributed by atoms with Crippen LogP contribution in [0.5, 0.6) is 0 Å². The maximum absolute atomic E-state index is 13.5. The number of halogens is 1. The lowest BCUT2D eigenvalue weighted by atomic mass is 10.0. The van der Waals surface area contributed by atoms with Crippen LogP contribution in [0, 0.1) is 0 Å². The van der Waals surface area contributed by atoms with E-state index >= 15 is 0 Å². The van der Waals surface area contributed by atoms with E-state index in [1.54, 1.807) is 4.90 Å². The molecule has 2 heterocycles. The van der Waals surface area contributed by atoms with Gasteiger partial charge in [-0.05, 0) is 6.42 Å². The molecule has 0 aromatic heterocycles. The van der Waals surface area contributed by atoms with E-state index in [4.69, 9.17) is 14.2 Å². The lowest BCUT2D eigenvalue weighted by Crippen LogP contribution is -2.44. The molecule has 0 bridgehead atoms. The second kappa shape index (κ2) is 6.60. The number of alkyl halides is 1. The van der Waals surface area contributed by atoms with E-state index in [-0.39, 0.29) is 0 Å². The van der Waals surface area contributed by atoms with Crippen molar-refractivity contribution in [1.82, 2.24) is 4.90 Å². The first kappa shape index (κ1) is 16.7. The Balaban J connectivity index is 2.28. The van der Waals surface area contributed by atoms with Crippen LogP contribution in [-0.4, -0.2) is 66.4 Å². The largest absolute Gasteiger partial charge is 0.461 e. The fourth-order valence-electron chi connectivity index (χ4n) is 3.38. The van der Waals surface area contributed by atoms with Crippen LogP contribution in [0.2, 0.25) is 0 Å². The molecule has 2 aliphatic heterocycles. The van der Waals surface area contributed by atoms with Gasteiger partial charge in [-0.1, -0.05) is 0 Å². The first-order valence-electron chi connectivity index (χ1n) is 7.18. The first-order valence-corrected chi connectivity index (χ1v) is 7.18. The molecule has 5 atom stereocenters. The molecule has 8 heteroatoms. The van der Waals surface area contributed by atoms with E-state index in [0.717, 1.165) is 0 Å². The second-order valence-electron chi connectivity index (χ2n) is 5.53. The van der Waals surface area contributed by atoms with Gasteiger partial charge >= 0.3 is 17.9 Å². The van der Waals surface area contributed by atoms with Crippen molar-refractivity contribution in [3.05, 3.63) is 0 Å².